The molecule has 2 aromatic heterocycles. The minimum atomic E-state index is -0.942. The molecular formula is C19H17NO5S. The van der Waals surface area contributed by atoms with Gasteiger partial charge in [0.1, 0.15) is 5.58 Å². The van der Waals surface area contributed by atoms with Crippen LogP contribution in [0.3, 0.4) is 0 Å². The summed E-state index contributed by atoms with van der Waals surface area (Å²) < 4.78 is 10.7. The number of carbonyl (C=O) groups excluding carboxylic acids is 3. The number of ketones is 1. The number of amides is 1. The van der Waals surface area contributed by atoms with Gasteiger partial charge in [0.2, 0.25) is 17.5 Å². The van der Waals surface area contributed by atoms with Gasteiger partial charge in [-0.15, -0.1) is 11.3 Å². The van der Waals surface area contributed by atoms with Crippen LogP contribution in [0.2, 0.25) is 0 Å². The maximum absolute atomic E-state index is 12.5. The average molecular weight is 371 g/mol. The lowest BCUT2D eigenvalue weighted by atomic mass is 10.2. The number of benzene rings is 1. The van der Waals surface area contributed by atoms with Gasteiger partial charge in [0.05, 0.1) is 11.4 Å². The van der Waals surface area contributed by atoms with Crippen LogP contribution in [-0.2, 0) is 16.1 Å². The zero-order chi connectivity index (χ0) is 18.7. The number of nitrogens with one attached hydrogen (secondary N) is 1. The Bertz CT molecular complexity index is 938. The first kappa shape index (κ1) is 17.9. The lowest BCUT2D eigenvalue weighted by Gasteiger charge is -2.09. The minimum absolute atomic E-state index is 0.0587. The van der Waals surface area contributed by atoms with E-state index in [0.717, 1.165) is 10.3 Å². The van der Waals surface area contributed by atoms with Crippen molar-refractivity contribution in [1.82, 2.24) is 5.32 Å². The van der Waals surface area contributed by atoms with E-state index in [-0.39, 0.29) is 17.5 Å². The van der Waals surface area contributed by atoms with Crippen LogP contribution in [0.25, 0.3) is 11.0 Å². The van der Waals surface area contributed by atoms with Crippen molar-refractivity contribution in [3.8, 4) is 0 Å². The third kappa shape index (κ3) is 4.00. The molecule has 7 heteroatoms. The molecule has 26 heavy (non-hydrogen) atoms. The van der Waals surface area contributed by atoms with Crippen molar-refractivity contribution in [2.45, 2.75) is 26.5 Å². The largest absolute Gasteiger partial charge is 0.449 e. The number of para-hydroxylation sites is 1. The smallest absolute Gasteiger partial charge is 0.374 e. The van der Waals surface area contributed by atoms with Gasteiger partial charge in [0, 0.05) is 17.2 Å². The summed E-state index contributed by atoms with van der Waals surface area (Å²) in [5.41, 5.74) is 0.583. The van der Waals surface area contributed by atoms with Crippen molar-refractivity contribution in [2.75, 3.05) is 0 Å². The quantitative estimate of drug-likeness (QED) is 0.529. The van der Waals surface area contributed by atoms with Crippen molar-refractivity contribution >= 4 is 40.0 Å². The molecular weight excluding hydrogens is 354 g/mol. The third-order valence-corrected chi connectivity index (χ3v) is 4.80. The van der Waals surface area contributed by atoms with Gasteiger partial charge in [-0.1, -0.05) is 18.2 Å². The third-order valence-electron chi connectivity index (χ3n) is 3.70. The first-order chi connectivity index (χ1) is 12.4. The summed E-state index contributed by atoms with van der Waals surface area (Å²) in [6.45, 7) is 3.32. The molecule has 0 spiro atoms. The fraction of sp³-hybridized carbons (Fsp3) is 0.211. The molecule has 1 amide bonds. The van der Waals surface area contributed by atoms with Gasteiger partial charge < -0.3 is 14.5 Å². The Morgan fingerprint density at radius 3 is 2.69 bits per heavy atom. The van der Waals surface area contributed by atoms with Gasteiger partial charge in [-0.2, -0.15) is 0 Å². The lowest BCUT2D eigenvalue weighted by molar-refractivity contribution is -0.119. The molecule has 1 atom stereocenters. The van der Waals surface area contributed by atoms with Crippen LogP contribution in [0.15, 0.2) is 46.9 Å². The van der Waals surface area contributed by atoms with Gasteiger partial charge in [-0.05, 0) is 31.2 Å². The number of fused-ring (bicyclic) bond motifs is 1. The summed E-state index contributed by atoms with van der Waals surface area (Å²) in [6, 6.07) is 12.2. The number of thiophene rings is 1. The summed E-state index contributed by atoms with van der Waals surface area (Å²) >= 11 is 1.26. The number of carbonyl (C=O) groups is 3. The Hall–Kier alpha value is -2.93. The summed E-state index contributed by atoms with van der Waals surface area (Å²) in [4.78, 5) is 36.9. The Balaban J connectivity index is 1.65. The summed E-state index contributed by atoms with van der Waals surface area (Å²) in [7, 11) is 0. The second-order valence-electron chi connectivity index (χ2n) is 5.74. The number of hydrogen-bond donors (Lipinski definition) is 1. The van der Waals surface area contributed by atoms with Gasteiger partial charge in [-0.25, -0.2) is 4.79 Å². The molecule has 1 unspecified atom stereocenters. The van der Waals surface area contributed by atoms with E-state index in [2.05, 4.69) is 5.32 Å². The van der Waals surface area contributed by atoms with Crippen LogP contribution in [-0.4, -0.2) is 23.8 Å². The highest BCUT2D eigenvalue weighted by Crippen LogP contribution is 2.22. The predicted molar refractivity (Wildman–Crippen MR) is 97.3 cm³/mol. The Kier molecular flexibility index (Phi) is 5.18. The Morgan fingerprint density at radius 2 is 1.96 bits per heavy atom. The second kappa shape index (κ2) is 7.53. The zero-order valence-corrected chi connectivity index (χ0v) is 15.1. The predicted octanol–water partition coefficient (Wildman–Crippen LogP) is 3.56. The molecule has 3 aromatic rings. The standard InChI is InChI=1S/C19H17NO5S/c1-11(18(22)17-8-7-14(26-17)10-20-12(2)21)24-19(23)16-9-13-5-3-4-6-15(13)25-16/h3-9,11H,10H2,1-2H3,(H,20,21). The molecule has 0 aliphatic rings. The zero-order valence-electron chi connectivity index (χ0n) is 14.3. The summed E-state index contributed by atoms with van der Waals surface area (Å²) in [5, 5.41) is 3.46. The van der Waals surface area contributed by atoms with E-state index in [1.165, 1.54) is 25.2 Å². The first-order valence-corrected chi connectivity index (χ1v) is 8.82. The summed E-state index contributed by atoms with van der Waals surface area (Å²) in [6.07, 6.45) is -0.942. The molecule has 134 valence electrons. The molecule has 0 bridgehead atoms. The highest BCUT2D eigenvalue weighted by Gasteiger charge is 2.23. The van der Waals surface area contributed by atoms with E-state index in [1.54, 1.807) is 24.3 Å². The minimum Gasteiger partial charge on any atom is -0.449 e. The van der Waals surface area contributed by atoms with E-state index in [9.17, 15) is 14.4 Å². The molecule has 0 radical (unpaired) electrons. The van der Waals surface area contributed by atoms with E-state index in [4.69, 9.17) is 9.15 Å². The fourth-order valence-corrected chi connectivity index (χ4v) is 3.34. The van der Waals surface area contributed by atoms with Crippen LogP contribution < -0.4 is 5.32 Å². The molecule has 1 N–H and O–H groups in total. The van der Waals surface area contributed by atoms with Crippen molar-refractivity contribution in [2.24, 2.45) is 0 Å². The van der Waals surface area contributed by atoms with Crippen LogP contribution in [0.1, 0.15) is 39.0 Å². The number of rotatable bonds is 6. The molecule has 0 fully saturated rings. The molecule has 2 heterocycles. The van der Waals surface area contributed by atoms with Crippen LogP contribution in [0, 0.1) is 0 Å². The van der Waals surface area contributed by atoms with E-state index >= 15 is 0 Å². The van der Waals surface area contributed by atoms with Gasteiger partial charge >= 0.3 is 5.97 Å². The van der Waals surface area contributed by atoms with Crippen molar-refractivity contribution in [3.63, 3.8) is 0 Å². The Labute approximate surface area is 153 Å². The van der Waals surface area contributed by atoms with Crippen LogP contribution in [0.4, 0.5) is 0 Å². The number of furan rings is 1. The van der Waals surface area contributed by atoms with Gasteiger partial charge in [0.15, 0.2) is 6.10 Å². The first-order valence-electron chi connectivity index (χ1n) is 8.01. The van der Waals surface area contributed by atoms with Gasteiger partial charge in [-0.3, -0.25) is 9.59 Å². The summed E-state index contributed by atoms with van der Waals surface area (Å²) in [5.74, 6) is -1.06. The average Bonchev–Trinajstić information content (AvgIpc) is 3.25. The SMILES string of the molecule is CC(=O)NCc1ccc(C(=O)C(C)OC(=O)c2cc3ccccc3o2)s1. The molecule has 0 aliphatic carbocycles. The number of esters is 1. The van der Waals surface area contributed by atoms with Crippen molar-refractivity contribution < 1.29 is 23.5 Å². The molecule has 0 saturated heterocycles. The molecule has 6 nitrogen and oxygen atoms in total. The fourth-order valence-electron chi connectivity index (χ4n) is 2.37. The van der Waals surface area contributed by atoms with Crippen molar-refractivity contribution in [1.29, 1.82) is 0 Å². The number of Topliss-reactive ketones (excluding diaryl/α,β-unsaturated/α-hetero) is 1. The molecule has 1 aromatic carbocycles. The Morgan fingerprint density at radius 1 is 1.19 bits per heavy atom. The maximum atomic E-state index is 12.5. The van der Waals surface area contributed by atoms with Gasteiger partial charge in [0.25, 0.3) is 0 Å². The lowest BCUT2D eigenvalue weighted by Crippen LogP contribution is -2.23. The number of hydrogen-bond acceptors (Lipinski definition) is 6. The van der Waals surface area contributed by atoms with Crippen molar-refractivity contribution in [3.05, 3.63) is 58.0 Å². The molecule has 0 saturated carbocycles. The number of ether oxygens (including phenoxy) is 1. The van der Waals surface area contributed by atoms with E-state index < -0.39 is 12.1 Å². The van der Waals surface area contributed by atoms with Crippen LogP contribution >= 0.6 is 11.3 Å². The van der Waals surface area contributed by atoms with E-state index in [0.29, 0.717) is 17.0 Å². The topological polar surface area (TPSA) is 85.6 Å². The highest BCUT2D eigenvalue weighted by molar-refractivity contribution is 7.14. The van der Waals surface area contributed by atoms with Crippen LogP contribution in [0.5, 0.6) is 0 Å². The normalized spacial score (nSPS) is 11.9. The van der Waals surface area contributed by atoms with E-state index in [1.807, 2.05) is 18.2 Å². The molecule has 0 aliphatic heterocycles. The maximum Gasteiger partial charge on any atom is 0.374 e. The monoisotopic (exact) mass is 371 g/mol. The highest BCUT2D eigenvalue weighted by atomic mass is 32.1. The molecule has 3 rings (SSSR count). The second-order valence-corrected chi connectivity index (χ2v) is 6.90.